The lowest BCUT2D eigenvalue weighted by Gasteiger charge is -2.32. The highest BCUT2D eigenvalue weighted by Crippen LogP contribution is 2.22. The molecule has 1 saturated heterocycles. The molecule has 8 heteroatoms. The van der Waals surface area contributed by atoms with Gasteiger partial charge in [0.25, 0.3) is 5.91 Å². The van der Waals surface area contributed by atoms with Gasteiger partial charge in [-0.3, -0.25) is 9.59 Å². The number of likely N-dealkylation sites (tertiary alicyclic amines) is 1. The number of hydrogen-bond acceptors (Lipinski definition) is 4. The molecule has 0 saturated carbocycles. The number of rotatable bonds is 6. The van der Waals surface area contributed by atoms with Crippen molar-refractivity contribution in [2.24, 2.45) is 5.92 Å². The first kappa shape index (κ1) is 24.1. The molecule has 182 valence electrons. The number of anilines is 2. The second kappa shape index (κ2) is 10.9. The third-order valence-corrected chi connectivity index (χ3v) is 5.96. The normalized spacial score (nSPS) is 15.4. The molecular formula is C27H30N4O4. The number of urea groups is 1. The fourth-order valence-corrected chi connectivity index (χ4v) is 4.29. The SMILES string of the molecule is Cc1cc(C)cc(C(=O)N2CCCC(C(=O)Nc3ccc(NC(=O)NCc4ccco4)cc3)C2)c1. The predicted octanol–water partition coefficient (Wildman–Crippen LogP) is 4.71. The van der Waals surface area contributed by atoms with Crippen LogP contribution in [0.2, 0.25) is 0 Å². The van der Waals surface area contributed by atoms with E-state index in [0.29, 0.717) is 35.8 Å². The number of carbonyl (C=O) groups excluding carboxylic acids is 3. The number of aryl methyl sites for hydroxylation is 2. The average molecular weight is 475 g/mol. The molecule has 1 unspecified atom stereocenters. The summed E-state index contributed by atoms with van der Waals surface area (Å²) in [5.74, 6) is 0.244. The van der Waals surface area contributed by atoms with Gasteiger partial charge in [-0.25, -0.2) is 4.79 Å². The standard InChI is InChI=1S/C27H30N4O4/c1-18-13-19(2)15-21(14-18)26(33)31-11-3-5-20(17-31)25(32)29-22-7-9-23(10-8-22)30-27(34)28-16-24-6-4-12-35-24/h4,6-10,12-15,20H,3,5,11,16-17H2,1-2H3,(H,29,32)(H2,28,30,34). The largest absolute Gasteiger partial charge is 0.467 e. The number of nitrogens with zero attached hydrogens (tertiary/aromatic N) is 1. The molecule has 0 aliphatic carbocycles. The van der Waals surface area contributed by atoms with Crippen molar-refractivity contribution in [1.29, 1.82) is 0 Å². The molecule has 3 N–H and O–H groups in total. The Hall–Kier alpha value is -4.07. The average Bonchev–Trinajstić information content (AvgIpc) is 3.37. The third kappa shape index (κ3) is 6.50. The molecule has 0 radical (unpaired) electrons. The number of carbonyl (C=O) groups is 3. The van der Waals surface area contributed by atoms with E-state index in [2.05, 4.69) is 16.0 Å². The first-order valence-electron chi connectivity index (χ1n) is 11.7. The van der Waals surface area contributed by atoms with Crippen LogP contribution in [0.5, 0.6) is 0 Å². The molecule has 1 atom stereocenters. The maximum atomic E-state index is 13.0. The Balaban J connectivity index is 1.29. The van der Waals surface area contributed by atoms with Crippen LogP contribution in [0.1, 0.15) is 40.1 Å². The van der Waals surface area contributed by atoms with E-state index in [1.165, 1.54) is 0 Å². The van der Waals surface area contributed by atoms with E-state index in [4.69, 9.17) is 4.42 Å². The van der Waals surface area contributed by atoms with Crippen LogP contribution in [0.4, 0.5) is 16.2 Å². The Morgan fingerprint density at radius 1 is 0.971 bits per heavy atom. The van der Waals surface area contributed by atoms with Gasteiger partial charge in [-0.15, -0.1) is 0 Å². The molecule has 3 aromatic rings. The van der Waals surface area contributed by atoms with Gasteiger partial charge >= 0.3 is 6.03 Å². The van der Waals surface area contributed by atoms with Crippen LogP contribution in [-0.4, -0.2) is 35.8 Å². The zero-order valence-electron chi connectivity index (χ0n) is 20.0. The minimum atomic E-state index is -0.353. The number of piperidine rings is 1. The minimum Gasteiger partial charge on any atom is -0.467 e. The van der Waals surface area contributed by atoms with Crippen LogP contribution < -0.4 is 16.0 Å². The Morgan fingerprint density at radius 2 is 1.66 bits per heavy atom. The summed E-state index contributed by atoms with van der Waals surface area (Å²) in [5, 5.41) is 8.39. The van der Waals surface area contributed by atoms with Crippen molar-refractivity contribution < 1.29 is 18.8 Å². The van der Waals surface area contributed by atoms with Gasteiger partial charge in [-0.1, -0.05) is 17.2 Å². The lowest BCUT2D eigenvalue weighted by Crippen LogP contribution is -2.43. The smallest absolute Gasteiger partial charge is 0.319 e. The summed E-state index contributed by atoms with van der Waals surface area (Å²) in [7, 11) is 0. The first-order chi connectivity index (χ1) is 16.9. The molecule has 4 rings (SSSR count). The van der Waals surface area contributed by atoms with Crippen LogP contribution in [0.15, 0.2) is 65.3 Å². The quantitative estimate of drug-likeness (QED) is 0.481. The third-order valence-electron chi connectivity index (χ3n) is 5.96. The molecular weight excluding hydrogens is 444 g/mol. The molecule has 0 spiro atoms. The molecule has 1 aliphatic heterocycles. The Bertz CT molecular complexity index is 1170. The molecule has 8 nitrogen and oxygen atoms in total. The van der Waals surface area contributed by atoms with Crippen molar-refractivity contribution in [2.45, 2.75) is 33.2 Å². The van der Waals surface area contributed by atoms with Crippen molar-refractivity contribution in [2.75, 3.05) is 23.7 Å². The Kier molecular flexibility index (Phi) is 7.50. The molecule has 4 amide bonds. The van der Waals surface area contributed by atoms with Crippen molar-refractivity contribution in [1.82, 2.24) is 10.2 Å². The van der Waals surface area contributed by atoms with E-state index in [0.717, 1.165) is 24.0 Å². The summed E-state index contributed by atoms with van der Waals surface area (Å²) in [4.78, 5) is 39.7. The second-order valence-electron chi connectivity index (χ2n) is 8.92. The van der Waals surface area contributed by atoms with Gasteiger partial charge in [-0.05, 0) is 75.2 Å². The van der Waals surface area contributed by atoms with Crippen LogP contribution in [0.3, 0.4) is 0 Å². The lowest BCUT2D eigenvalue weighted by atomic mass is 9.96. The number of hydrogen-bond donors (Lipinski definition) is 3. The summed E-state index contributed by atoms with van der Waals surface area (Å²) in [6.07, 6.45) is 3.07. The van der Waals surface area contributed by atoms with Gasteiger partial charge in [0, 0.05) is 30.0 Å². The van der Waals surface area contributed by atoms with E-state index >= 15 is 0 Å². The zero-order chi connectivity index (χ0) is 24.8. The molecule has 1 aromatic heterocycles. The second-order valence-corrected chi connectivity index (χ2v) is 8.92. The highest BCUT2D eigenvalue weighted by Gasteiger charge is 2.29. The number of furan rings is 1. The van der Waals surface area contributed by atoms with Crippen molar-refractivity contribution in [3.8, 4) is 0 Å². The van der Waals surface area contributed by atoms with Crippen molar-refractivity contribution in [3.05, 3.63) is 83.3 Å². The maximum absolute atomic E-state index is 13.0. The molecule has 2 heterocycles. The lowest BCUT2D eigenvalue weighted by molar-refractivity contribution is -0.121. The van der Waals surface area contributed by atoms with E-state index in [1.54, 1.807) is 47.6 Å². The van der Waals surface area contributed by atoms with Gasteiger partial charge in [0.05, 0.1) is 18.7 Å². The highest BCUT2D eigenvalue weighted by atomic mass is 16.3. The van der Waals surface area contributed by atoms with E-state index in [1.807, 2.05) is 32.0 Å². The fraction of sp³-hybridized carbons (Fsp3) is 0.296. The fourth-order valence-electron chi connectivity index (χ4n) is 4.29. The summed E-state index contributed by atoms with van der Waals surface area (Å²) >= 11 is 0. The summed E-state index contributed by atoms with van der Waals surface area (Å²) in [6.45, 7) is 5.29. The van der Waals surface area contributed by atoms with E-state index in [9.17, 15) is 14.4 Å². The van der Waals surface area contributed by atoms with Crippen molar-refractivity contribution in [3.63, 3.8) is 0 Å². The molecule has 1 fully saturated rings. The van der Waals surface area contributed by atoms with Crippen molar-refractivity contribution >= 4 is 29.2 Å². The summed E-state index contributed by atoms with van der Waals surface area (Å²) in [6, 6.07) is 15.9. The molecule has 2 aromatic carbocycles. The molecule has 35 heavy (non-hydrogen) atoms. The van der Waals surface area contributed by atoms with Gasteiger partial charge in [0.1, 0.15) is 5.76 Å². The molecule has 0 bridgehead atoms. The number of benzene rings is 2. The summed E-state index contributed by atoms with van der Waals surface area (Å²) < 4.78 is 5.18. The van der Waals surface area contributed by atoms with E-state index in [-0.39, 0.29) is 30.3 Å². The van der Waals surface area contributed by atoms with Crippen LogP contribution >= 0.6 is 0 Å². The first-order valence-corrected chi connectivity index (χ1v) is 11.7. The maximum Gasteiger partial charge on any atom is 0.319 e. The molecule has 1 aliphatic rings. The van der Waals surface area contributed by atoms with Gasteiger partial charge in [0.15, 0.2) is 0 Å². The van der Waals surface area contributed by atoms with Crippen LogP contribution in [0.25, 0.3) is 0 Å². The predicted molar refractivity (Wildman–Crippen MR) is 134 cm³/mol. The Morgan fingerprint density at radius 3 is 2.31 bits per heavy atom. The summed E-state index contributed by atoms with van der Waals surface area (Å²) in [5.41, 5.74) is 4.00. The van der Waals surface area contributed by atoms with E-state index < -0.39 is 0 Å². The highest BCUT2D eigenvalue weighted by molar-refractivity contribution is 5.97. The monoisotopic (exact) mass is 474 g/mol. The minimum absolute atomic E-state index is 0.0324. The number of nitrogens with one attached hydrogen (secondary N) is 3. The zero-order valence-corrected chi connectivity index (χ0v) is 20.0. The van der Waals surface area contributed by atoms with Gasteiger partial charge in [0.2, 0.25) is 5.91 Å². The topological polar surface area (TPSA) is 104 Å². The van der Waals surface area contributed by atoms with Gasteiger partial charge in [-0.2, -0.15) is 0 Å². The number of amides is 4. The van der Waals surface area contributed by atoms with Gasteiger partial charge < -0.3 is 25.3 Å². The Labute approximate surface area is 204 Å². The van der Waals surface area contributed by atoms with Crippen LogP contribution in [0, 0.1) is 19.8 Å². The van der Waals surface area contributed by atoms with Crippen LogP contribution in [-0.2, 0) is 11.3 Å².